The number of hydrogen-bond acceptors (Lipinski definition) is 3. The molecule has 0 radical (unpaired) electrons. The highest BCUT2D eigenvalue weighted by Gasteiger charge is 2.51. The maximum atomic E-state index is 13.4. The largest absolute Gasteiger partial charge is 0.394 e. The van der Waals surface area contributed by atoms with Crippen molar-refractivity contribution in [3.05, 3.63) is 71.5 Å². The van der Waals surface area contributed by atoms with Gasteiger partial charge in [0.2, 0.25) is 0 Å². The molecule has 0 bridgehead atoms. The molecule has 7 heteroatoms. The summed E-state index contributed by atoms with van der Waals surface area (Å²) in [6.07, 6.45) is 0.798. The SMILES string of the molecule is CCCNC(=O)N1[C@@H](CO)[C@@H](c2ccccc2)[C@@H]1CNC(=O)c1cccc(F)c1. The summed E-state index contributed by atoms with van der Waals surface area (Å²) in [7, 11) is 0. The molecular weight excluding hydrogens is 373 g/mol. The van der Waals surface area contributed by atoms with E-state index in [1.54, 1.807) is 4.90 Å². The molecule has 0 unspecified atom stereocenters. The number of carbonyl (C=O) groups excluding carboxylic acids is 2. The van der Waals surface area contributed by atoms with Crippen LogP contribution in [-0.2, 0) is 0 Å². The molecule has 154 valence electrons. The summed E-state index contributed by atoms with van der Waals surface area (Å²) < 4.78 is 13.4. The first-order valence-electron chi connectivity index (χ1n) is 9.82. The van der Waals surface area contributed by atoms with E-state index in [-0.39, 0.29) is 42.7 Å². The van der Waals surface area contributed by atoms with Crippen molar-refractivity contribution in [2.24, 2.45) is 0 Å². The Hall–Kier alpha value is -2.93. The van der Waals surface area contributed by atoms with Crippen LogP contribution in [0, 0.1) is 5.82 Å². The molecule has 2 aromatic rings. The van der Waals surface area contributed by atoms with Gasteiger partial charge in [-0.05, 0) is 30.2 Å². The Balaban J connectivity index is 1.77. The number of nitrogens with one attached hydrogen (secondary N) is 2. The van der Waals surface area contributed by atoms with Gasteiger partial charge in [-0.15, -0.1) is 0 Å². The van der Waals surface area contributed by atoms with E-state index in [9.17, 15) is 19.1 Å². The summed E-state index contributed by atoms with van der Waals surface area (Å²) in [6.45, 7) is 2.52. The van der Waals surface area contributed by atoms with Gasteiger partial charge in [-0.2, -0.15) is 0 Å². The van der Waals surface area contributed by atoms with Crippen LogP contribution in [0.15, 0.2) is 54.6 Å². The lowest BCUT2D eigenvalue weighted by Crippen LogP contribution is -2.70. The fourth-order valence-electron chi connectivity index (χ4n) is 3.85. The van der Waals surface area contributed by atoms with Crippen molar-refractivity contribution in [3.8, 4) is 0 Å². The van der Waals surface area contributed by atoms with Gasteiger partial charge >= 0.3 is 6.03 Å². The van der Waals surface area contributed by atoms with Gasteiger partial charge in [0.05, 0.1) is 18.7 Å². The molecule has 3 rings (SSSR count). The van der Waals surface area contributed by atoms with Gasteiger partial charge in [-0.3, -0.25) is 4.79 Å². The monoisotopic (exact) mass is 399 g/mol. The predicted molar refractivity (Wildman–Crippen MR) is 108 cm³/mol. The molecule has 3 amide bonds. The fourth-order valence-corrected chi connectivity index (χ4v) is 3.85. The van der Waals surface area contributed by atoms with Crippen LogP contribution in [0.4, 0.5) is 9.18 Å². The number of halogens is 1. The number of benzene rings is 2. The molecule has 1 heterocycles. The minimum absolute atomic E-state index is 0.110. The first-order valence-corrected chi connectivity index (χ1v) is 9.82. The van der Waals surface area contributed by atoms with Gasteiger partial charge < -0.3 is 20.6 Å². The summed E-state index contributed by atoms with van der Waals surface area (Å²) in [4.78, 5) is 26.7. The second kappa shape index (κ2) is 9.52. The fraction of sp³-hybridized carbons (Fsp3) is 0.364. The van der Waals surface area contributed by atoms with Crippen molar-refractivity contribution in [3.63, 3.8) is 0 Å². The number of amides is 3. The first kappa shape index (κ1) is 20.8. The van der Waals surface area contributed by atoms with Crippen LogP contribution in [0.2, 0.25) is 0 Å². The average Bonchev–Trinajstić information content (AvgIpc) is 2.72. The van der Waals surface area contributed by atoms with E-state index in [1.165, 1.54) is 24.3 Å². The van der Waals surface area contributed by atoms with Crippen molar-refractivity contribution >= 4 is 11.9 Å². The highest BCUT2D eigenvalue weighted by molar-refractivity contribution is 5.94. The summed E-state index contributed by atoms with van der Waals surface area (Å²) in [5, 5.41) is 15.6. The van der Waals surface area contributed by atoms with Crippen LogP contribution < -0.4 is 10.6 Å². The van der Waals surface area contributed by atoms with E-state index < -0.39 is 11.7 Å². The minimum Gasteiger partial charge on any atom is -0.394 e. The number of urea groups is 1. The molecule has 0 aliphatic carbocycles. The maximum absolute atomic E-state index is 13.4. The third kappa shape index (κ3) is 4.56. The molecule has 2 aromatic carbocycles. The lowest BCUT2D eigenvalue weighted by atomic mass is 9.75. The predicted octanol–water partition coefficient (Wildman–Crippen LogP) is 2.50. The Morgan fingerprint density at radius 3 is 2.48 bits per heavy atom. The van der Waals surface area contributed by atoms with Crippen LogP contribution in [0.3, 0.4) is 0 Å². The molecule has 1 saturated heterocycles. The van der Waals surface area contributed by atoms with E-state index in [4.69, 9.17) is 0 Å². The van der Waals surface area contributed by atoms with Crippen molar-refractivity contribution in [1.29, 1.82) is 0 Å². The lowest BCUT2D eigenvalue weighted by molar-refractivity contribution is -0.00687. The lowest BCUT2D eigenvalue weighted by Gasteiger charge is -2.54. The first-order chi connectivity index (χ1) is 14.1. The van der Waals surface area contributed by atoms with Crippen molar-refractivity contribution in [1.82, 2.24) is 15.5 Å². The Bertz CT molecular complexity index is 846. The van der Waals surface area contributed by atoms with Gasteiger partial charge in [-0.25, -0.2) is 9.18 Å². The molecule has 0 spiro atoms. The maximum Gasteiger partial charge on any atom is 0.318 e. The van der Waals surface area contributed by atoms with Crippen molar-refractivity contribution in [2.45, 2.75) is 31.3 Å². The topological polar surface area (TPSA) is 81.7 Å². The Kier molecular flexibility index (Phi) is 6.82. The normalized spacial score (nSPS) is 20.7. The van der Waals surface area contributed by atoms with E-state index in [2.05, 4.69) is 10.6 Å². The smallest absolute Gasteiger partial charge is 0.318 e. The number of carbonyl (C=O) groups is 2. The van der Waals surface area contributed by atoms with Crippen LogP contribution in [0.25, 0.3) is 0 Å². The van der Waals surface area contributed by atoms with Gasteiger partial charge in [0.1, 0.15) is 5.82 Å². The summed E-state index contributed by atoms with van der Waals surface area (Å²) in [6, 6.07) is 14.2. The number of hydrogen-bond donors (Lipinski definition) is 3. The highest BCUT2D eigenvalue weighted by atomic mass is 19.1. The second-order valence-electron chi connectivity index (χ2n) is 7.11. The number of aliphatic hydroxyl groups excluding tert-OH is 1. The number of likely N-dealkylation sites (tertiary alicyclic amines) is 1. The Morgan fingerprint density at radius 1 is 1.07 bits per heavy atom. The van der Waals surface area contributed by atoms with Gasteiger partial charge in [0.15, 0.2) is 0 Å². The summed E-state index contributed by atoms with van der Waals surface area (Å²) >= 11 is 0. The zero-order valence-corrected chi connectivity index (χ0v) is 16.3. The molecule has 29 heavy (non-hydrogen) atoms. The van der Waals surface area contributed by atoms with Crippen molar-refractivity contribution < 1.29 is 19.1 Å². The number of rotatable bonds is 7. The van der Waals surface area contributed by atoms with E-state index in [1.807, 2.05) is 37.3 Å². The van der Waals surface area contributed by atoms with Crippen LogP contribution in [0.1, 0.15) is 35.2 Å². The van der Waals surface area contributed by atoms with Gasteiger partial charge in [0, 0.05) is 24.6 Å². The van der Waals surface area contributed by atoms with E-state index in [0.717, 1.165) is 12.0 Å². The van der Waals surface area contributed by atoms with Crippen LogP contribution >= 0.6 is 0 Å². The third-order valence-electron chi connectivity index (χ3n) is 5.23. The molecule has 3 atom stereocenters. The van der Waals surface area contributed by atoms with Crippen molar-refractivity contribution in [2.75, 3.05) is 19.7 Å². The standard InChI is InChI=1S/C22H26FN3O3/c1-2-11-24-22(29)26-18(13-25-21(28)16-9-6-10-17(23)12-16)20(19(26)14-27)15-7-4-3-5-8-15/h3-10,12,18-20,27H,2,11,13-14H2,1H3,(H,24,29)(H,25,28)/t18-,19-,20-/m0/s1. The molecule has 1 fully saturated rings. The molecule has 1 aliphatic heterocycles. The zero-order chi connectivity index (χ0) is 20.8. The van der Waals surface area contributed by atoms with E-state index >= 15 is 0 Å². The molecule has 1 aliphatic rings. The number of aliphatic hydroxyl groups is 1. The Labute approximate surface area is 169 Å². The third-order valence-corrected chi connectivity index (χ3v) is 5.23. The highest BCUT2D eigenvalue weighted by Crippen LogP contribution is 2.40. The molecule has 6 nitrogen and oxygen atoms in total. The summed E-state index contributed by atoms with van der Waals surface area (Å²) in [5.74, 6) is -0.997. The minimum atomic E-state index is -0.482. The Morgan fingerprint density at radius 2 is 1.83 bits per heavy atom. The van der Waals surface area contributed by atoms with Crippen LogP contribution in [-0.4, -0.2) is 53.7 Å². The second-order valence-corrected chi connectivity index (χ2v) is 7.11. The van der Waals surface area contributed by atoms with Gasteiger partial charge in [-0.1, -0.05) is 43.3 Å². The quantitative estimate of drug-likeness (QED) is 0.669. The molecular formula is C22H26FN3O3. The zero-order valence-electron chi connectivity index (χ0n) is 16.3. The van der Waals surface area contributed by atoms with E-state index in [0.29, 0.717) is 6.54 Å². The molecule has 3 N–H and O–H groups in total. The van der Waals surface area contributed by atoms with Gasteiger partial charge in [0.25, 0.3) is 5.91 Å². The number of nitrogens with zero attached hydrogens (tertiary/aromatic N) is 1. The molecule has 0 aromatic heterocycles. The summed E-state index contributed by atoms with van der Waals surface area (Å²) in [5.41, 5.74) is 1.22. The average molecular weight is 399 g/mol. The van der Waals surface area contributed by atoms with Crippen LogP contribution in [0.5, 0.6) is 0 Å². The molecule has 0 saturated carbocycles.